The molecule has 1 atom stereocenters. The molecule has 9 nitrogen and oxygen atoms in total. The van der Waals surface area contributed by atoms with Gasteiger partial charge in [0.25, 0.3) is 0 Å². The van der Waals surface area contributed by atoms with Crippen LogP contribution < -0.4 is 20.1 Å². The molecule has 0 amide bonds. The molecule has 37 heavy (non-hydrogen) atoms. The Labute approximate surface area is 216 Å². The largest absolute Gasteiger partial charge is 0.437 e. The normalized spacial score (nSPS) is 15.9. The molecule has 1 saturated heterocycles. The summed E-state index contributed by atoms with van der Waals surface area (Å²) in [6, 6.07) is 15.2. The van der Waals surface area contributed by atoms with Crippen LogP contribution in [-0.4, -0.2) is 48.3 Å². The van der Waals surface area contributed by atoms with Gasteiger partial charge in [0.15, 0.2) is 0 Å². The number of hydrogen-bond acceptors (Lipinski definition) is 8. The van der Waals surface area contributed by atoms with E-state index in [1.807, 2.05) is 49.4 Å². The highest BCUT2D eigenvalue weighted by Crippen LogP contribution is 2.38. The summed E-state index contributed by atoms with van der Waals surface area (Å²) in [5.74, 6) is 1.57. The Morgan fingerprint density at radius 3 is 2.76 bits per heavy atom. The number of aromatic nitrogens is 3. The number of rotatable bonds is 8. The van der Waals surface area contributed by atoms with Crippen molar-refractivity contribution in [1.29, 1.82) is 0 Å². The van der Waals surface area contributed by atoms with Crippen molar-refractivity contribution in [3.05, 3.63) is 66.5 Å². The van der Waals surface area contributed by atoms with E-state index in [0.717, 1.165) is 47.8 Å². The van der Waals surface area contributed by atoms with Gasteiger partial charge in [0.05, 0.1) is 22.7 Å². The van der Waals surface area contributed by atoms with Crippen LogP contribution in [0, 0.1) is 6.92 Å². The Balaban J connectivity index is 1.50. The van der Waals surface area contributed by atoms with Gasteiger partial charge < -0.3 is 15.4 Å². The van der Waals surface area contributed by atoms with Gasteiger partial charge in [-0.15, -0.1) is 0 Å². The SMILES string of the molecule is CCS(=O)(=O)Nc1cccc2c(Oc3ncccc3-c3ccnc(NC4CCCNC4)n3)c(C)ccc12. The molecule has 4 aromatic rings. The zero-order chi connectivity index (χ0) is 25.8. The van der Waals surface area contributed by atoms with E-state index < -0.39 is 10.0 Å². The van der Waals surface area contributed by atoms with Crippen molar-refractivity contribution in [1.82, 2.24) is 20.3 Å². The quantitative estimate of drug-likeness (QED) is 0.307. The van der Waals surface area contributed by atoms with Gasteiger partial charge in [0, 0.05) is 35.8 Å². The molecule has 5 rings (SSSR count). The minimum absolute atomic E-state index is 0.0110. The summed E-state index contributed by atoms with van der Waals surface area (Å²) < 4.78 is 33.6. The van der Waals surface area contributed by atoms with E-state index in [1.54, 1.807) is 25.4 Å². The number of nitrogens with one attached hydrogen (secondary N) is 3. The summed E-state index contributed by atoms with van der Waals surface area (Å²) in [5, 5.41) is 8.34. The molecule has 192 valence electrons. The Hall–Kier alpha value is -3.76. The molecule has 2 aromatic heterocycles. The topological polar surface area (TPSA) is 118 Å². The minimum atomic E-state index is -3.43. The third-order valence-electron chi connectivity index (χ3n) is 6.39. The Bertz CT molecular complexity index is 1520. The van der Waals surface area contributed by atoms with E-state index >= 15 is 0 Å². The molecule has 0 saturated carbocycles. The van der Waals surface area contributed by atoms with Crippen molar-refractivity contribution in [3.63, 3.8) is 0 Å². The highest BCUT2D eigenvalue weighted by Gasteiger charge is 2.18. The van der Waals surface area contributed by atoms with Crippen LogP contribution in [0.25, 0.3) is 22.0 Å². The monoisotopic (exact) mass is 518 g/mol. The van der Waals surface area contributed by atoms with Crippen molar-refractivity contribution in [2.75, 3.05) is 28.9 Å². The summed E-state index contributed by atoms with van der Waals surface area (Å²) in [5.41, 5.74) is 2.83. The van der Waals surface area contributed by atoms with Crippen molar-refractivity contribution < 1.29 is 13.2 Å². The predicted octanol–water partition coefficient (Wildman–Crippen LogP) is 4.72. The first-order valence-corrected chi connectivity index (χ1v) is 14.0. The summed E-state index contributed by atoms with van der Waals surface area (Å²) in [4.78, 5) is 13.7. The van der Waals surface area contributed by atoms with E-state index in [0.29, 0.717) is 29.0 Å². The van der Waals surface area contributed by atoms with Crippen LogP contribution in [-0.2, 0) is 10.0 Å². The molecular formula is C27H30N6O3S. The van der Waals surface area contributed by atoms with E-state index in [9.17, 15) is 8.42 Å². The fourth-order valence-electron chi connectivity index (χ4n) is 4.40. The molecule has 0 spiro atoms. The first-order chi connectivity index (χ1) is 17.9. The number of anilines is 2. The van der Waals surface area contributed by atoms with Crippen molar-refractivity contribution in [2.24, 2.45) is 0 Å². The maximum Gasteiger partial charge on any atom is 0.232 e. The molecule has 1 unspecified atom stereocenters. The van der Waals surface area contributed by atoms with Crippen LogP contribution in [0.1, 0.15) is 25.3 Å². The number of sulfonamides is 1. The first-order valence-electron chi connectivity index (χ1n) is 12.4. The molecule has 0 radical (unpaired) electrons. The summed E-state index contributed by atoms with van der Waals surface area (Å²) in [6.07, 6.45) is 5.59. The van der Waals surface area contributed by atoms with Gasteiger partial charge in [0.1, 0.15) is 5.75 Å². The van der Waals surface area contributed by atoms with Gasteiger partial charge in [-0.05, 0) is 63.1 Å². The van der Waals surface area contributed by atoms with E-state index in [2.05, 4.69) is 25.3 Å². The van der Waals surface area contributed by atoms with Crippen LogP contribution in [0.4, 0.5) is 11.6 Å². The Morgan fingerprint density at radius 1 is 1.05 bits per heavy atom. The predicted molar refractivity (Wildman–Crippen MR) is 147 cm³/mol. The third-order valence-corrected chi connectivity index (χ3v) is 7.68. The maximum absolute atomic E-state index is 12.2. The Kier molecular flexibility index (Phi) is 7.20. The molecule has 1 aliphatic rings. The molecule has 0 aliphatic carbocycles. The van der Waals surface area contributed by atoms with Crippen LogP contribution in [0.3, 0.4) is 0 Å². The number of aryl methyl sites for hydroxylation is 1. The zero-order valence-corrected chi connectivity index (χ0v) is 21.7. The number of fused-ring (bicyclic) bond motifs is 1. The fraction of sp³-hybridized carbons (Fsp3) is 0.296. The fourth-order valence-corrected chi connectivity index (χ4v) is 5.06. The second kappa shape index (κ2) is 10.7. The number of benzene rings is 2. The average molecular weight is 519 g/mol. The van der Waals surface area contributed by atoms with Crippen molar-refractivity contribution in [2.45, 2.75) is 32.7 Å². The zero-order valence-electron chi connectivity index (χ0n) is 20.9. The molecule has 1 fully saturated rings. The lowest BCUT2D eigenvalue weighted by Gasteiger charge is -2.23. The van der Waals surface area contributed by atoms with Crippen LogP contribution >= 0.6 is 0 Å². The average Bonchev–Trinajstić information content (AvgIpc) is 2.91. The number of nitrogens with zero attached hydrogens (tertiary/aromatic N) is 3. The summed E-state index contributed by atoms with van der Waals surface area (Å²) in [6.45, 7) is 5.47. The van der Waals surface area contributed by atoms with Crippen LogP contribution in [0.5, 0.6) is 11.6 Å². The van der Waals surface area contributed by atoms with Gasteiger partial charge in [-0.2, -0.15) is 0 Å². The van der Waals surface area contributed by atoms with Gasteiger partial charge >= 0.3 is 0 Å². The standard InChI is InChI=1S/C27H30N6O3S/c1-3-37(34,35)33-24-10-4-8-21-20(24)12-11-18(2)25(21)36-26-22(9-6-15-29-26)23-13-16-30-27(32-23)31-19-7-5-14-28-17-19/h4,6,8-13,15-16,19,28,33H,3,5,7,14,17H2,1-2H3,(H,30,31,32). The van der Waals surface area contributed by atoms with Crippen LogP contribution in [0.2, 0.25) is 0 Å². The minimum Gasteiger partial charge on any atom is -0.437 e. The van der Waals surface area contributed by atoms with Gasteiger partial charge in [-0.25, -0.2) is 23.4 Å². The van der Waals surface area contributed by atoms with Crippen molar-refractivity contribution >= 4 is 32.4 Å². The third kappa shape index (κ3) is 5.65. The van der Waals surface area contributed by atoms with E-state index in [4.69, 9.17) is 9.72 Å². The highest BCUT2D eigenvalue weighted by atomic mass is 32.2. The van der Waals surface area contributed by atoms with E-state index in [-0.39, 0.29) is 11.8 Å². The summed E-state index contributed by atoms with van der Waals surface area (Å²) >= 11 is 0. The van der Waals surface area contributed by atoms with Crippen molar-refractivity contribution in [3.8, 4) is 22.9 Å². The number of pyridine rings is 1. The number of piperidine rings is 1. The second-order valence-corrected chi connectivity index (χ2v) is 11.0. The molecule has 3 heterocycles. The van der Waals surface area contributed by atoms with Gasteiger partial charge in [0.2, 0.25) is 21.9 Å². The van der Waals surface area contributed by atoms with E-state index in [1.165, 1.54) is 0 Å². The molecule has 2 aromatic carbocycles. The lowest BCUT2D eigenvalue weighted by Crippen LogP contribution is -2.38. The molecule has 0 bridgehead atoms. The van der Waals surface area contributed by atoms with Gasteiger partial charge in [-0.3, -0.25) is 4.72 Å². The highest BCUT2D eigenvalue weighted by molar-refractivity contribution is 7.92. The van der Waals surface area contributed by atoms with Crippen LogP contribution in [0.15, 0.2) is 60.9 Å². The molecule has 10 heteroatoms. The number of hydrogen-bond donors (Lipinski definition) is 3. The lowest BCUT2D eigenvalue weighted by molar-refractivity contribution is 0.466. The number of ether oxygens (including phenoxy) is 1. The summed E-state index contributed by atoms with van der Waals surface area (Å²) in [7, 11) is -3.43. The maximum atomic E-state index is 12.2. The van der Waals surface area contributed by atoms with Gasteiger partial charge in [-0.1, -0.05) is 24.3 Å². The second-order valence-electron chi connectivity index (χ2n) is 9.03. The molecule has 1 aliphatic heterocycles. The molecular weight excluding hydrogens is 488 g/mol. The molecule has 3 N–H and O–H groups in total. The first kappa shape index (κ1) is 24.9. The Morgan fingerprint density at radius 2 is 1.95 bits per heavy atom. The lowest BCUT2D eigenvalue weighted by atomic mass is 10.0. The smallest absolute Gasteiger partial charge is 0.232 e.